The van der Waals surface area contributed by atoms with Crippen molar-refractivity contribution in [3.8, 4) is 0 Å². The van der Waals surface area contributed by atoms with Gasteiger partial charge in [0, 0.05) is 12.8 Å². The summed E-state index contributed by atoms with van der Waals surface area (Å²) >= 11 is 0. The van der Waals surface area contributed by atoms with Crippen molar-refractivity contribution in [3.63, 3.8) is 0 Å². The number of carbonyl (C=O) groups is 3. The Labute approximate surface area is 161 Å². The molecule has 0 heterocycles. The zero-order valence-corrected chi connectivity index (χ0v) is 16.2. The average molecular weight is 374 g/mol. The number of hydrogen-bond donors (Lipinski definition) is 2. The maximum absolute atomic E-state index is 12.5. The molecule has 148 valence electrons. The van der Waals surface area contributed by atoms with Crippen molar-refractivity contribution in [2.45, 2.75) is 64.0 Å². The van der Waals surface area contributed by atoms with E-state index >= 15 is 0 Å². The van der Waals surface area contributed by atoms with E-state index in [1.807, 2.05) is 30.3 Å². The highest BCUT2D eigenvalue weighted by atomic mass is 16.5. The highest BCUT2D eigenvalue weighted by Gasteiger charge is 2.26. The molecule has 27 heavy (non-hydrogen) atoms. The predicted octanol–water partition coefficient (Wildman–Crippen LogP) is 2.36. The van der Waals surface area contributed by atoms with Crippen LogP contribution in [0.3, 0.4) is 0 Å². The number of benzene rings is 1. The Bertz CT molecular complexity index is 626. The molecule has 0 saturated heterocycles. The average Bonchev–Trinajstić information content (AvgIpc) is 2.68. The quantitative estimate of drug-likeness (QED) is 0.684. The summed E-state index contributed by atoms with van der Waals surface area (Å²) in [6.07, 6.45) is 6.55. The van der Waals surface area contributed by atoms with Gasteiger partial charge in [0.05, 0.1) is 7.11 Å². The molecule has 2 atom stereocenters. The van der Waals surface area contributed by atoms with Crippen LogP contribution in [-0.2, 0) is 25.5 Å². The molecule has 6 heteroatoms. The number of rotatable bonds is 8. The van der Waals surface area contributed by atoms with E-state index in [1.165, 1.54) is 26.4 Å². The molecule has 2 amide bonds. The summed E-state index contributed by atoms with van der Waals surface area (Å²) in [5.41, 5.74) is 0.919. The summed E-state index contributed by atoms with van der Waals surface area (Å²) in [6.45, 7) is 1.63. The molecule has 1 aliphatic carbocycles. The largest absolute Gasteiger partial charge is 0.467 e. The van der Waals surface area contributed by atoms with Gasteiger partial charge in [0.25, 0.3) is 0 Å². The molecule has 0 spiro atoms. The van der Waals surface area contributed by atoms with Crippen LogP contribution < -0.4 is 10.6 Å². The van der Waals surface area contributed by atoms with Gasteiger partial charge in [0.15, 0.2) is 0 Å². The van der Waals surface area contributed by atoms with Crippen molar-refractivity contribution in [2.24, 2.45) is 5.92 Å². The normalized spacial score (nSPS) is 16.8. The summed E-state index contributed by atoms with van der Waals surface area (Å²) in [6, 6.07) is 7.92. The number of carbonyl (C=O) groups excluding carboxylic acids is 3. The van der Waals surface area contributed by atoms with Gasteiger partial charge in [-0.3, -0.25) is 9.59 Å². The maximum Gasteiger partial charge on any atom is 0.328 e. The van der Waals surface area contributed by atoms with Crippen molar-refractivity contribution >= 4 is 17.8 Å². The minimum absolute atomic E-state index is 0.109. The van der Waals surface area contributed by atoms with E-state index in [4.69, 9.17) is 4.74 Å². The molecular weight excluding hydrogens is 344 g/mol. The second-order valence-electron chi connectivity index (χ2n) is 7.27. The monoisotopic (exact) mass is 374 g/mol. The Morgan fingerprint density at radius 3 is 2.37 bits per heavy atom. The number of methoxy groups -OCH3 is 1. The second kappa shape index (κ2) is 10.7. The van der Waals surface area contributed by atoms with Gasteiger partial charge in [-0.2, -0.15) is 0 Å². The molecular formula is C21H30N2O4. The fraction of sp³-hybridized carbons (Fsp3) is 0.571. The van der Waals surface area contributed by atoms with Gasteiger partial charge in [-0.05, 0) is 31.2 Å². The lowest BCUT2D eigenvalue weighted by atomic mass is 9.87. The molecule has 1 aliphatic rings. The fourth-order valence-corrected chi connectivity index (χ4v) is 3.50. The van der Waals surface area contributed by atoms with Crippen LogP contribution in [-0.4, -0.2) is 37.0 Å². The summed E-state index contributed by atoms with van der Waals surface area (Å²) in [4.78, 5) is 36.7. The molecule has 1 saturated carbocycles. The highest BCUT2D eigenvalue weighted by Crippen LogP contribution is 2.26. The number of amides is 2. The second-order valence-corrected chi connectivity index (χ2v) is 7.27. The third-order valence-electron chi connectivity index (χ3n) is 5.05. The summed E-state index contributed by atoms with van der Waals surface area (Å²) in [7, 11) is 1.29. The van der Waals surface area contributed by atoms with Crippen molar-refractivity contribution in [3.05, 3.63) is 35.9 Å². The highest BCUT2D eigenvalue weighted by molar-refractivity contribution is 5.90. The van der Waals surface area contributed by atoms with Gasteiger partial charge < -0.3 is 15.4 Å². The Morgan fingerprint density at radius 2 is 1.74 bits per heavy atom. The van der Waals surface area contributed by atoms with Crippen LogP contribution in [0.4, 0.5) is 0 Å². The minimum atomic E-state index is -0.789. The minimum Gasteiger partial charge on any atom is -0.467 e. The van der Waals surface area contributed by atoms with E-state index in [1.54, 1.807) is 6.92 Å². The first kappa shape index (κ1) is 20.9. The lowest BCUT2D eigenvalue weighted by molar-refractivity contribution is -0.145. The van der Waals surface area contributed by atoms with Crippen molar-refractivity contribution < 1.29 is 19.1 Å². The number of esters is 1. The van der Waals surface area contributed by atoms with Gasteiger partial charge >= 0.3 is 5.97 Å². The van der Waals surface area contributed by atoms with Crippen LogP contribution >= 0.6 is 0 Å². The van der Waals surface area contributed by atoms with Gasteiger partial charge in [-0.15, -0.1) is 0 Å². The number of nitrogens with one attached hydrogen (secondary N) is 2. The van der Waals surface area contributed by atoms with Gasteiger partial charge in [0.1, 0.15) is 12.1 Å². The smallest absolute Gasteiger partial charge is 0.328 e. The van der Waals surface area contributed by atoms with E-state index in [2.05, 4.69) is 10.6 Å². The third-order valence-corrected chi connectivity index (χ3v) is 5.05. The first-order valence-electron chi connectivity index (χ1n) is 9.71. The molecule has 0 bridgehead atoms. The predicted molar refractivity (Wildman–Crippen MR) is 103 cm³/mol. The van der Waals surface area contributed by atoms with E-state index in [9.17, 15) is 14.4 Å². The molecule has 1 aromatic carbocycles. The number of hydrogen-bond acceptors (Lipinski definition) is 4. The molecule has 2 N–H and O–H groups in total. The van der Waals surface area contributed by atoms with Crippen LogP contribution in [0.2, 0.25) is 0 Å². The molecule has 1 aromatic rings. The van der Waals surface area contributed by atoms with Gasteiger partial charge in [-0.25, -0.2) is 4.79 Å². The van der Waals surface area contributed by atoms with E-state index in [0.29, 0.717) is 18.8 Å². The Balaban J connectivity index is 1.87. The molecule has 0 unspecified atom stereocenters. The van der Waals surface area contributed by atoms with E-state index in [-0.39, 0.29) is 5.91 Å². The summed E-state index contributed by atoms with van der Waals surface area (Å²) in [5, 5.41) is 5.45. The van der Waals surface area contributed by atoms with Gasteiger partial charge in [0.2, 0.25) is 11.8 Å². The standard InChI is InChI=1S/C21H30N2O4/c1-15(22-19(24)14-17-11-7-4-8-12-17)20(25)23-18(21(26)27-2)13-16-9-5-3-6-10-16/h3,5-6,9-10,15,17-18H,4,7-8,11-14H2,1-2H3,(H,22,24)(H,23,25)/t15-,18-/m0/s1. The fourth-order valence-electron chi connectivity index (χ4n) is 3.50. The molecule has 1 fully saturated rings. The first-order valence-corrected chi connectivity index (χ1v) is 9.71. The van der Waals surface area contributed by atoms with Gasteiger partial charge in [-0.1, -0.05) is 49.6 Å². The molecule has 2 rings (SSSR count). The zero-order valence-electron chi connectivity index (χ0n) is 16.2. The maximum atomic E-state index is 12.5. The van der Waals surface area contributed by atoms with Crippen molar-refractivity contribution in [1.82, 2.24) is 10.6 Å². The van der Waals surface area contributed by atoms with E-state index < -0.39 is 24.0 Å². The first-order chi connectivity index (χ1) is 13.0. The zero-order chi connectivity index (χ0) is 19.6. The lowest BCUT2D eigenvalue weighted by Gasteiger charge is -2.23. The topological polar surface area (TPSA) is 84.5 Å². The van der Waals surface area contributed by atoms with Crippen LogP contribution in [0.15, 0.2) is 30.3 Å². The van der Waals surface area contributed by atoms with Crippen LogP contribution in [0.25, 0.3) is 0 Å². The molecule has 6 nitrogen and oxygen atoms in total. The molecule has 0 radical (unpaired) electrons. The Kier molecular flexibility index (Phi) is 8.30. The van der Waals surface area contributed by atoms with Crippen LogP contribution in [0.1, 0.15) is 51.0 Å². The summed E-state index contributed by atoms with van der Waals surface area (Å²) < 4.78 is 4.81. The third kappa shape index (κ3) is 7.04. The Morgan fingerprint density at radius 1 is 1.07 bits per heavy atom. The molecule has 0 aromatic heterocycles. The van der Waals surface area contributed by atoms with Crippen molar-refractivity contribution in [2.75, 3.05) is 7.11 Å². The summed E-state index contributed by atoms with van der Waals surface area (Å²) in [5.74, 6) is -0.594. The lowest BCUT2D eigenvalue weighted by Crippen LogP contribution is -2.51. The molecule has 0 aliphatic heterocycles. The van der Waals surface area contributed by atoms with E-state index in [0.717, 1.165) is 18.4 Å². The van der Waals surface area contributed by atoms with Crippen LogP contribution in [0.5, 0.6) is 0 Å². The SMILES string of the molecule is COC(=O)[C@H](Cc1ccccc1)NC(=O)[C@H](C)NC(=O)CC1CCCCC1. The van der Waals surface area contributed by atoms with Crippen molar-refractivity contribution in [1.29, 1.82) is 0 Å². The number of ether oxygens (including phenoxy) is 1. The Hall–Kier alpha value is -2.37. The van der Waals surface area contributed by atoms with Crippen LogP contribution in [0, 0.1) is 5.92 Å².